The molecule has 2 aromatic carbocycles. The molecule has 0 bridgehead atoms. The molecule has 0 N–H and O–H groups in total. The Balaban J connectivity index is 2.72. The Labute approximate surface area is 93.3 Å². The molecule has 0 spiro atoms. The highest BCUT2D eigenvalue weighted by molar-refractivity contribution is 6.06. The molecule has 0 atom stereocenters. The van der Waals surface area contributed by atoms with Crippen molar-refractivity contribution < 1.29 is 9.18 Å². The van der Waals surface area contributed by atoms with Gasteiger partial charge in [-0.1, -0.05) is 24.3 Å². The summed E-state index contributed by atoms with van der Waals surface area (Å²) in [6.45, 7) is 0. The molecule has 82 valence electrons. The second-order valence-electron chi connectivity index (χ2n) is 3.84. The summed E-state index contributed by atoms with van der Waals surface area (Å²) in [7, 11) is 3.36. The van der Waals surface area contributed by atoms with Crippen LogP contribution in [0.1, 0.15) is 10.4 Å². The van der Waals surface area contributed by atoms with Gasteiger partial charge < -0.3 is 4.90 Å². The van der Waals surface area contributed by atoms with Crippen LogP contribution in [0, 0.1) is 5.82 Å². The zero-order valence-corrected chi connectivity index (χ0v) is 9.20. The molecular weight excluding hydrogens is 205 g/mol. The summed E-state index contributed by atoms with van der Waals surface area (Å²) < 4.78 is 13.5. The van der Waals surface area contributed by atoms with Gasteiger partial charge in [0, 0.05) is 25.0 Å². The topological polar surface area (TPSA) is 20.3 Å². The van der Waals surface area contributed by atoms with Crippen LogP contribution in [0.5, 0.6) is 0 Å². The van der Waals surface area contributed by atoms with Crippen molar-refractivity contribution in [2.45, 2.75) is 0 Å². The SMILES string of the molecule is CN(C)C(=O)c1ccc(F)c2ccccc12. The largest absolute Gasteiger partial charge is 0.345 e. The first-order valence-corrected chi connectivity index (χ1v) is 5.00. The minimum atomic E-state index is -0.300. The van der Waals surface area contributed by atoms with Gasteiger partial charge in [-0.15, -0.1) is 0 Å². The van der Waals surface area contributed by atoms with Gasteiger partial charge in [-0.3, -0.25) is 4.79 Å². The molecule has 0 unspecified atom stereocenters. The Morgan fingerprint density at radius 2 is 1.69 bits per heavy atom. The Hall–Kier alpha value is -1.90. The van der Waals surface area contributed by atoms with Crippen LogP contribution in [0.25, 0.3) is 10.8 Å². The van der Waals surface area contributed by atoms with Crippen molar-refractivity contribution in [2.24, 2.45) is 0 Å². The first-order valence-electron chi connectivity index (χ1n) is 5.00. The van der Waals surface area contributed by atoms with Crippen LogP contribution in [-0.2, 0) is 0 Å². The van der Waals surface area contributed by atoms with Crippen LogP contribution in [0.15, 0.2) is 36.4 Å². The van der Waals surface area contributed by atoms with E-state index >= 15 is 0 Å². The molecule has 0 aliphatic heterocycles. The van der Waals surface area contributed by atoms with Crippen molar-refractivity contribution in [1.82, 2.24) is 4.90 Å². The number of hydrogen-bond donors (Lipinski definition) is 0. The molecule has 3 heteroatoms. The molecule has 0 heterocycles. The number of fused-ring (bicyclic) bond motifs is 1. The number of carbonyl (C=O) groups is 1. The summed E-state index contributed by atoms with van der Waals surface area (Å²) in [5, 5.41) is 1.14. The molecule has 0 saturated heterocycles. The van der Waals surface area contributed by atoms with E-state index in [9.17, 15) is 9.18 Å². The van der Waals surface area contributed by atoms with Gasteiger partial charge in [0.2, 0.25) is 0 Å². The third-order valence-electron chi connectivity index (χ3n) is 2.51. The summed E-state index contributed by atoms with van der Waals surface area (Å²) in [4.78, 5) is 13.4. The van der Waals surface area contributed by atoms with Crippen molar-refractivity contribution in [1.29, 1.82) is 0 Å². The van der Waals surface area contributed by atoms with E-state index in [0.29, 0.717) is 16.3 Å². The first kappa shape index (κ1) is 10.6. The van der Waals surface area contributed by atoms with Crippen LogP contribution < -0.4 is 0 Å². The average Bonchev–Trinajstić information content (AvgIpc) is 2.29. The molecule has 2 nitrogen and oxygen atoms in total. The van der Waals surface area contributed by atoms with Gasteiger partial charge in [-0.25, -0.2) is 4.39 Å². The Morgan fingerprint density at radius 3 is 2.31 bits per heavy atom. The fourth-order valence-corrected chi connectivity index (χ4v) is 1.69. The highest BCUT2D eigenvalue weighted by Gasteiger charge is 2.13. The third-order valence-corrected chi connectivity index (χ3v) is 2.51. The first-order chi connectivity index (χ1) is 7.61. The van der Waals surface area contributed by atoms with Crippen molar-refractivity contribution >= 4 is 16.7 Å². The van der Waals surface area contributed by atoms with Gasteiger partial charge in [0.05, 0.1) is 0 Å². The van der Waals surface area contributed by atoms with Crippen LogP contribution >= 0.6 is 0 Å². The fraction of sp³-hybridized carbons (Fsp3) is 0.154. The zero-order valence-electron chi connectivity index (χ0n) is 9.20. The minimum Gasteiger partial charge on any atom is -0.345 e. The van der Waals surface area contributed by atoms with Gasteiger partial charge >= 0.3 is 0 Å². The lowest BCUT2D eigenvalue weighted by molar-refractivity contribution is 0.0829. The second-order valence-corrected chi connectivity index (χ2v) is 3.84. The molecular formula is C13H12FNO. The highest BCUT2D eigenvalue weighted by Crippen LogP contribution is 2.22. The quantitative estimate of drug-likeness (QED) is 0.719. The zero-order chi connectivity index (χ0) is 11.7. The molecule has 16 heavy (non-hydrogen) atoms. The van der Waals surface area contributed by atoms with Gasteiger partial charge in [-0.05, 0) is 17.5 Å². The number of halogens is 1. The lowest BCUT2D eigenvalue weighted by Gasteiger charge is -2.12. The maximum atomic E-state index is 13.5. The Bertz CT molecular complexity index is 549. The lowest BCUT2D eigenvalue weighted by Crippen LogP contribution is -2.21. The minimum absolute atomic E-state index is 0.115. The van der Waals surface area contributed by atoms with Gasteiger partial charge in [0.1, 0.15) is 5.82 Å². The van der Waals surface area contributed by atoms with E-state index in [1.165, 1.54) is 17.0 Å². The average molecular weight is 217 g/mol. The number of benzene rings is 2. The van der Waals surface area contributed by atoms with Crippen molar-refractivity contribution in [3.8, 4) is 0 Å². The molecule has 1 amide bonds. The number of carbonyl (C=O) groups excluding carboxylic acids is 1. The Kier molecular flexibility index (Phi) is 2.60. The molecule has 0 aromatic heterocycles. The third kappa shape index (κ3) is 1.65. The summed E-state index contributed by atoms with van der Waals surface area (Å²) >= 11 is 0. The summed E-state index contributed by atoms with van der Waals surface area (Å²) in [5.41, 5.74) is 0.530. The van der Waals surface area contributed by atoms with Crippen LogP contribution in [0.3, 0.4) is 0 Å². The van der Waals surface area contributed by atoms with E-state index in [4.69, 9.17) is 0 Å². The number of rotatable bonds is 1. The number of hydrogen-bond acceptors (Lipinski definition) is 1. The van der Waals surface area contributed by atoms with Crippen molar-refractivity contribution in [3.05, 3.63) is 47.8 Å². The van der Waals surface area contributed by atoms with E-state index in [-0.39, 0.29) is 11.7 Å². The molecule has 0 aliphatic carbocycles. The van der Waals surface area contributed by atoms with E-state index < -0.39 is 0 Å². The molecule has 0 saturated carbocycles. The molecule has 0 aliphatic rings. The van der Waals surface area contributed by atoms with E-state index in [1.54, 1.807) is 38.4 Å². The summed E-state index contributed by atoms with van der Waals surface area (Å²) in [6.07, 6.45) is 0. The van der Waals surface area contributed by atoms with Crippen molar-refractivity contribution in [2.75, 3.05) is 14.1 Å². The van der Waals surface area contributed by atoms with Gasteiger partial charge in [0.25, 0.3) is 5.91 Å². The van der Waals surface area contributed by atoms with E-state index in [1.807, 2.05) is 0 Å². The van der Waals surface area contributed by atoms with E-state index in [0.717, 1.165) is 0 Å². The van der Waals surface area contributed by atoms with Gasteiger partial charge in [0.15, 0.2) is 0 Å². The summed E-state index contributed by atoms with van der Waals surface area (Å²) in [6, 6.07) is 9.86. The molecule has 2 rings (SSSR count). The predicted molar refractivity (Wildman–Crippen MR) is 61.9 cm³/mol. The number of nitrogens with zero attached hydrogens (tertiary/aromatic N) is 1. The normalized spacial score (nSPS) is 10.4. The van der Waals surface area contributed by atoms with Gasteiger partial charge in [-0.2, -0.15) is 0 Å². The van der Waals surface area contributed by atoms with E-state index in [2.05, 4.69) is 0 Å². The molecule has 0 fully saturated rings. The smallest absolute Gasteiger partial charge is 0.253 e. The summed E-state index contributed by atoms with van der Waals surface area (Å²) in [5.74, 6) is -0.415. The number of amides is 1. The maximum Gasteiger partial charge on any atom is 0.253 e. The highest BCUT2D eigenvalue weighted by atomic mass is 19.1. The van der Waals surface area contributed by atoms with Crippen LogP contribution in [-0.4, -0.2) is 24.9 Å². The predicted octanol–water partition coefficient (Wildman–Crippen LogP) is 2.68. The molecule has 2 aromatic rings. The standard InChI is InChI=1S/C13H12FNO/c1-15(2)13(16)11-7-8-12(14)10-6-4-3-5-9(10)11/h3-8H,1-2H3. The van der Waals surface area contributed by atoms with Crippen LogP contribution in [0.2, 0.25) is 0 Å². The monoisotopic (exact) mass is 217 g/mol. The fourth-order valence-electron chi connectivity index (χ4n) is 1.69. The Morgan fingerprint density at radius 1 is 1.06 bits per heavy atom. The maximum absolute atomic E-state index is 13.5. The van der Waals surface area contributed by atoms with Crippen molar-refractivity contribution in [3.63, 3.8) is 0 Å². The van der Waals surface area contributed by atoms with Crippen LogP contribution in [0.4, 0.5) is 4.39 Å². The molecule has 0 radical (unpaired) electrons. The second kappa shape index (κ2) is 3.93. The lowest BCUT2D eigenvalue weighted by atomic mass is 10.0.